The Morgan fingerprint density at radius 2 is 2.37 bits per heavy atom. The fraction of sp³-hybridized carbons (Fsp3) is 0.333. The second-order valence-electron chi connectivity index (χ2n) is 4.09. The molecule has 2 rings (SSSR count). The highest BCUT2D eigenvalue weighted by Gasteiger charge is 2.24. The molecule has 1 aliphatic rings. The molecule has 0 aromatic heterocycles. The van der Waals surface area contributed by atoms with Crippen LogP contribution in [0.25, 0.3) is 10.4 Å². The first-order chi connectivity index (χ1) is 9.11. The van der Waals surface area contributed by atoms with Gasteiger partial charge in [0.2, 0.25) is 0 Å². The highest BCUT2D eigenvalue weighted by Crippen LogP contribution is 2.30. The van der Waals surface area contributed by atoms with E-state index < -0.39 is 6.10 Å². The predicted octanol–water partition coefficient (Wildman–Crippen LogP) is 2.29. The van der Waals surface area contributed by atoms with Crippen LogP contribution >= 0.6 is 0 Å². The number of Topliss-reactive ketones (excluding diaryl/α,β-unsaturated/α-hetero) is 1. The average molecular weight is 260 g/mol. The van der Waals surface area contributed by atoms with E-state index in [1.807, 2.05) is 0 Å². The lowest BCUT2D eigenvalue weighted by Gasteiger charge is -2.23. The Labute approximate surface area is 109 Å². The number of nitrogens with zero attached hydrogens (tertiary/aromatic N) is 3. The van der Waals surface area contributed by atoms with Crippen molar-refractivity contribution < 1.29 is 14.3 Å². The topological polar surface area (TPSA) is 104 Å². The van der Waals surface area contributed by atoms with Gasteiger partial charge in [0.25, 0.3) is 5.91 Å². The molecular formula is C12H12N4O3. The van der Waals surface area contributed by atoms with Gasteiger partial charge in [-0.1, -0.05) is 5.11 Å². The molecule has 7 nitrogen and oxygen atoms in total. The summed E-state index contributed by atoms with van der Waals surface area (Å²) < 4.78 is 5.39. The van der Waals surface area contributed by atoms with Gasteiger partial charge in [-0.25, -0.2) is 0 Å². The summed E-state index contributed by atoms with van der Waals surface area (Å²) in [6, 6.07) is 4.84. The van der Waals surface area contributed by atoms with Crippen molar-refractivity contribution in [1.82, 2.24) is 0 Å². The Bertz CT molecular complexity index is 578. The number of azide groups is 1. The third-order valence-electron chi connectivity index (χ3n) is 2.73. The van der Waals surface area contributed by atoms with Crippen LogP contribution in [-0.4, -0.2) is 24.3 Å². The third-order valence-corrected chi connectivity index (χ3v) is 2.73. The molecule has 0 fully saturated rings. The van der Waals surface area contributed by atoms with Gasteiger partial charge in [0.1, 0.15) is 5.75 Å². The number of hydrogen-bond acceptors (Lipinski definition) is 4. The highest BCUT2D eigenvalue weighted by atomic mass is 16.5. The lowest BCUT2D eigenvalue weighted by atomic mass is 10.1. The number of ether oxygens (including phenoxy) is 1. The molecule has 1 aromatic carbocycles. The number of anilines is 1. The van der Waals surface area contributed by atoms with Crippen molar-refractivity contribution in [3.8, 4) is 5.75 Å². The van der Waals surface area contributed by atoms with Gasteiger partial charge in [-0.3, -0.25) is 9.59 Å². The van der Waals surface area contributed by atoms with Crippen LogP contribution in [0.2, 0.25) is 0 Å². The number of nitrogens with one attached hydrogen (secondary N) is 1. The van der Waals surface area contributed by atoms with E-state index in [0.717, 1.165) is 0 Å². The van der Waals surface area contributed by atoms with E-state index in [9.17, 15) is 9.59 Å². The second-order valence-corrected chi connectivity index (χ2v) is 4.09. The second kappa shape index (κ2) is 5.41. The van der Waals surface area contributed by atoms with Crippen LogP contribution in [0.3, 0.4) is 0 Å². The smallest absolute Gasteiger partial charge is 0.265 e. The van der Waals surface area contributed by atoms with Crippen LogP contribution in [0.1, 0.15) is 23.7 Å². The van der Waals surface area contributed by atoms with Gasteiger partial charge in [-0.15, -0.1) is 0 Å². The SMILES string of the molecule is CC1Oc2ccc(C(=O)CCN=[N+]=[N-])cc2NC1=O. The standard InChI is InChI=1S/C12H12N4O3/c1-7-12(18)15-9-6-8(2-3-11(9)19-7)10(17)4-5-14-16-13/h2-3,6-7H,4-5H2,1H3,(H,15,18). The number of rotatable bonds is 4. The summed E-state index contributed by atoms with van der Waals surface area (Å²) in [7, 11) is 0. The molecule has 0 aliphatic carbocycles. The first kappa shape index (κ1) is 12.9. The molecule has 1 atom stereocenters. The Kier molecular flexibility index (Phi) is 3.68. The maximum atomic E-state index is 11.8. The van der Waals surface area contributed by atoms with Gasteiger partial charge in [-0.2, -0.15) is 0 Å². The molecule has 1 aliphatic heterocycles. The summed E-state index contributed by atoms with van der Waals surface area (Å²) >= 11 is 0. The zero-order chi connectivity index (χ0) is 13.8. The summed E-state index contributed by atoms with van der Waals surface area (Å²) in [6.45, 7) is 1.77. The minimum Gasteiger partial charge on any atom is -0.479 e. The summed E-state index contributed by atoms with van der Waals surface area (Å²) in [5.74, 6) is 0.146. The molecule has 0 radical (unpaired) electrons. The number of ketones is 1. The van der Waals surface area contributed by atoms with Crippen LogP contribution in [0.5, 0.6) is 5.75 Å². The summed E-state index contributed by atoms with van der Waals surface area (Å²) in [4.78, 5) is 25.9. The summed E-state index contributed by atoms with van der Waals surface area (Å²) in [6.07, 6.45) is -0.410. The van der Waals surface area contributed by atoms with Crippen LogP contribution in [-0.2, 0) is 4.79 Å². The predicted molar refractivity (Wildman–Crippen MR) is 68.1 cm³/mol. The molecule has 7 heteroatoms. The van der Waals surface area contributed by atoms with Gasteiger partial charge >= 0.3 is 0 Å². The van der Waals surface area contributed by atoms with Crippen molar-refractivity contribution in [3.05, 3.63) is 34.2 Å². The largest absolute Gasteiger partial charge is 0.479 e. The third kappa shape index (κ3) is 2.83. The number of carbonyl (C=O) groups excluding carboxylic acids is 2. The number of fused-ring (bicyclic) bond motifs is 1. The zero-order valence-electron chi connectivity index (χ0n) is 10.3. The lowest BCUT2D eigenvalue weighted by molar-refractivity contribution is -0.122. The van der Waals surface area contributed by atoms with E-state index >= 15 is 0 Å². The van der Waals surface area contributed by atoms with Crippen molar-refractivity contribution >= 4 is 17.4 Å². The van der Waals surface area contributed by atoms with Crippen LogP contribution in [0.15, 0.2) is 23.3 Å². The molecule has 0 saturated heterocycles. The zero-order valence-corrected chi connectivity index (χ0v) is 10.3. The number of carbonyl (C=O) groups is 2. The van der Waals surface area contributed by atoms with E-state index in [2.05, 4.69) is 15.3 Å². The van der Waals surface area contributed by atoms with E-state index in [4.69, 9.17) is 10.3 Å². The minimum atomic E-state index is -0.543. The normalized spacial score (nSPS) is 16.7. The monoisotopic (exact) mass is 260 g/mol. The number of amides is 1. The molecule has 1 unspecified atom stereocenters. The van der Waals surface area contributed by atoms with Crippen molar-refractivity contribution in [2.24, 2.45) is 5.11 Å². The van der Waals surface area contributed by atoms with Crippen LogP contribution in [0.4, 0.5) is 5.69 Å². The Morgan fingerprint density at radius 1 is 1.58 bits per heavy atom. The molecule has 0 bridgehead atoms. The first-order valence-electron chi connectivity index (χ1n) is 5.77. The van der Waals surface area contributed by atoms with E-state index in [1.54, 1.807) is 25.1 Å². The number of hydrogen-bond donors (Lipinski definition) is 1. The Hall–Kier alpha value is -2.53. The molecule has 1 aromatic rings. The summed E-state index contributed by atoms with van der Waals surface area (Å²) in [5, 5.41) is 5.99. The van der Waals surface area contributed by atoms with Gasteiger partial charge in [0, 0.05) is 23.4 Å². The van der Waals surface area contributed by atoms with Crippen LogP contribution < -0.4 is 10.1 Å². The molecule has 1 amide bonds. The molecule has 1 heterocycles. The van der Waals surface area contributed by atoms with E-state index in [1.165, 1.54) is 0 Å². The number of benzene rings is 1. The van der Waals surface area contributed by atoms with Crippen molar-refractivity contribution in [3.63, 3.8) is 0 Å². The highest BCUT2D eigenvalue weighted by molar-refractivity contribution is 6.01. The molecule has 0 spiro atoms. The quantitative estimate of drug-likeness (QED) is 0.388. The fourth-order valence-electron chi connectivity index (χ4n) is 1.72. The molecule has 1 N–H and O–H groups in total. The fourth-order valence-corrected chi connectivity index (χ4v) is 1.72. The van der Waals surface area contributed by atoms with Gasteiger partial charge in [-0.05, 0) is 30.7 Å². The van der Waals surface area contributed by atoms with Crippen molar-refractivity contribution in [2.45, 2.75) is 19.4 Å². The van der Waals surface area contributed by atoms with E-state index in [-0.39, 0.29) is 24.7 Å². The Balaban J connectivity index is 2.17. The maximum Gasteiger partial charge on any atom is 0.265 e. The van der Waals surface area contributed by atoms with Gasteiger partial charge in [0.15, 0.2) is 11.9 Å². The van der Waals surface area contributed by atoms with Crippen LogP contribution in [0, 0.1) is 0 Å². The minimum absolute atomic E-state index is 0.117. The molecule has 19 heavy (non-hydrogen) atoms. The van der Waals surface area contributed by atoms with Gasteiger partial charge < -0.3 is 10.1 Å². The molecule has 0 saturated carbocycles. The van der Waals surface area contributed by atoms with Crippen molar-refractivity contribution in [2.75, 3.05) is 11.9 Å². The first-order valence-corrected chi connectivity index (χ1v) is 5.77. The van der Waals surface area contributed by atoms with E-state index in [0.29, 0.717) is 17.0 Å². The maximum absolute atomic E-state index is 11.8. The van der Waals surface area contributed by atoms with Gasteiger partial charge in [0.05, 0.1) is 5.69 Å². The van der Waals surface area contributed by atoms with Crippen molar-refractivity contribution in [1.29, 1.82) is 0 Å². The Morgan fingerprint density at radius 3 is 3.11 bits per heavy atom. The summed E-state index contributed by atoms with van der Waals surface area (Å²) in [5.41, 5.74) is 9.08. The average Bonchev–Trinajstić information content (AvgIpc) is 2.40. The molecule has 98 valence electrons. The molecular weight excluding hydrogens is 248 g/mol. The lowest BCUT2D eigenvalue weighted by Crippen LogP contribution is -2.34.